The molecule has 0 aliphatic carbocycles. The lowest BCUT2D eigenvalue weighted by molar-refractivity contribution is -0.285. The number of hydrogen-bond acceptors (Lipinski definition) is 9. The molecule has 0 bridgehead atoms. The second-order valence-corrected chi connectivity index (χ2v) is 8.54. The van der Waals surface area contributed by atoms with E-state index >= 15 is 0 Å². The van der Waals surface area contributed by atoms with Crippen molar-refractivity contribution in [3.63, 3.8) is 0 Å². The van der Waals surface area contributed by atoms with Gasteiger partial charge in [0.1, 0.15) is 6.04 Å². The quantitative estimate of drug-likeness (QED) is 0.561. The van der Waals surface area contributed by atoms with E-state index in [1.54, 1.807) is 24.4 Å². The van der Waals surface area contributed by atoms with Crippen LogP contribution < -0.4 is 5.06 Å². The molecule has 31 heavy (non-hydrogen) atoms. The minimum absolute atomic E-state index is 0.00337. The average Bonchev–Trinajstić information content (AvgIpc) is 3.16. The van der Waals surface area contributed by atoms with E-state index in [-0.39, 0.29) is 24.2 Å². The number of rotatable bonds is 7. The molecule has 1 fully saturated rings. The lowest BCUT2D eigenvalue weighted by atomic mass is 10.2. The van der Waals surface area contributed by atoms with Crippen LogP contribution in [0.25, 0.3) is 5.69 Å². The van der Waals surface area contributed by atoms with Gasteiger partial charge in [0.2, 0.25) is 0 Å². The molecule has 2 heterocycles. The zero-order valence-electron chi connectivity index (χ0n) is 17.7. The highest BCUT2D eigenvalue weighted by atomic mass is 35.5. The second kappa shape index (κ2) is 10.1. The summed E-state index contributed by atoms with van der Waals surface area (Å²) in [6.07, 6.45) is 1.95. The van der Waals surface area contributed by atoms with Gasteiger partial charge in [0.15, 0.2) is 18.6 Å². The van der Waals surface area contributed by atoms with Crippen LogP contribution in [-0.4, -0.2) is 64.8 Å². The first-order valence-electron chi connectivity index (χ1n) is 9.57. The second-order valence-electron chi connectivity index (χ2n) is 7.72. The number of aromatic nitrogens is 3. The standard InChI is InChI=1S/C19H25Cl2N5O5/c1-19(2,3)29-8-7-15(18(27)28-4)25-11-31-26(12-30-25)16-9-13(20)5-6-14(16)24-10-17(21)22-23-24/h5-6,9-10,15H,7-8,11-12H2,1-4H3. The molecule has 3 rings (SSSR count). The van der Waals surface area contributed by atoms with Gasteiger partial charge in [-0.3, -0.25) is 14.5 Å². The molecule has 0 radical (unpaired) electrons. The van der Waals surface area contributed by atoms with E-state index in [1.165, 1.54) is 21.9 Å². The number of ether oxygens (including phenoxy) is 2. The Morgan fingerprint density at radius 3 is 2.58 bits per heavy atom. The number of methoxy groups -OCH3 is 1. The number of anilines is 1. The van der Waals surface area contributed by atoms with Gasteiger partial charge >= 0.3 is 5.97 Å². The Bertz CT molecular complexity index is 896. The maximum Gasteiger partial charge on any atom is 0.325 e. The fraction of sp³-hybridized carbons (Fsp3) is 0.526. The van der Waals surface area contributed by atoms with Crippen molar-refractivity contribution in [1.82, 2.24) is 20.1 Å². The largest absolute Gasteiger partial charge is 0.468 e. The molecule has 0 amide bonds. The summed E-state index contributed by atoms with van der Waals surface area (Å²) in [4.78, 5) is 24.0. The summed E-state index contributed by atoms with van der Waals surface area (Å²) in [5.74, 6) is -0.435. The first-order valence-corrected chi connectivity index (χ1v) is 10.3. The van der Waals surface area contributed by atoms with Crippen LogP contribution in [0.5, 0.6) is 0 Å². The number of benzene rings is 1. The van der Waals surface area contributed by atoms with Crippen molar-refractivity contribution in [3.05, 3.63) is 34.6 Å². The predicted octanol–water partition coefficient (Wildman–Crippen LogP) is 3.22. The van der Waals surface area contributed by atoms with Crippen molar-refractivity contribution in [2.45, 2.75) is 38.8 Å². The number of hydrogen-bond donors (Lipinski definition) is 0. The van der Waals surface area contributed by atoms with Crippen molar-refractivity contribution < 1.29 is 23.9 Å². The zero-order chi connectivity index (χ0) is 22.6. The normalized spacial score (nSPS) is 16.4. The molecule has 1 aliphatic heterocycles. The number of carbonyl (C=O) groups excluding carboxylic acids is 1. The third kappa shape index (κ3) is 6.28. The van der Waals surface area contributed by atoms with Crippen molar-refractivity contribution >= 4 is 34.9 Å². The van der Waals surface area contributed by atoms with Gasteiger partial charge in [-0.25, -0.2) is 9.75 Å². The van der Waals surface area contributed by atoms with Crippen LogP contribution in [0.15, 0.2) is 24.4 Å². The maximum absolute atomic E-state index is 12.3. The van der Waals surface area contributed by atoms with E-state index in [1.807, 2.05) is 20.8 Å². The molecular weight excluding hydrogens is 449 g/mol. The highest BCUT2D eigenvalue weighted by Gasteiger charge is 2.33. The van der Waals surface area contributed by atoms with Gasteiger partial charge in [0.25, 0.3) is 0 Å². The Morgan fingerprint density at radius 1 is 1.23 bits per heavy atom. The summed E-state index contributed by atoms with van der Waals surface area (Å²) in [5, 5.41) is 11.5. The lowest BCUT2D eigenvalue weighted by Gasteiger charge is -2.37. The van der Waals surface area contributed by atoms with Crippen molar-refractivity contribution in [2.24, 2.45) is 0 Å². The van der Waals surface area contributed by atoms with Gasteiger partial charge in [-0.1, -0.05) is 28.4 Å². The van der Waals surface area contributed by atoms with Crippen LogP contribution in [0.4, 0.5) is 5.69 Å². The first-order chi connectivity index (χ1) is 14.7. The Morgan fingerprint density at radius 2 is 2.00 bits per heavy atom. The summed E-state index contributed by atoms with van der Waals surface area (Å²) in [5.41, 5.74) is 0.924. The van der Waals surface area contributed by atoms with E-state index in [4.69, 9.17) is 42.4 Å². The molecule has 0 N–H and O–H groups in total. The Hall–Kier alpha value is -1.95. The molecule has 1 aliphatic rings. The molecule has 1 saturated heterocycles. The molecular formula is C19H25Cl2N5O5. The molecule has 1 atom stereocenters. The van der Waals surface area contributed by atoms with E-state index < -0.39 is 12.0 Å². The van der Waals surface area contributed by atoms with Crippen LogP contribution in [0.1, 0.15) is 27.2 Å². The third-order valence-electron chi connectivity index (χ3n) is 4.35. The lowest BCUT2D eigenvalue weighted by Crippen LogP contribution is -2.51. The summed E-state index contributed by atoms with van der Waals surface area (Å²) in [6.45, 7) is 6.19. The van der Waals surface area contributed by atoms with Crippen molar-refractivity contribution in [2.75, 3.05) is 32.2 Å². The number of esters is 1. The fourth-order valence-corrected chi connectivity index (χ4v) is 3.18. The Labute approximate surface area is 190 Å². The molecule has 10 nitrogen and oxygen atoms in total. The molecule has 1 unspecified atom stereocenters. The van der Waals surface area contributed by atoms with Crippen LogP contribution >= 0.6 is 23.2 Å². The van der Waals surface area contributed by atoms with E-state index in [9.17, 15) is 4.79 Å². The summed E-state index contributed by atoms with van der Waals surface area (Å²) in [6, 6.07) is 4.51. The summed E-state index contributed by atoms with van der Waals surface area (Å²) >= 11 is 12.1. The topological polar surface area (TPSA) is 91.2 Å². The summed E-state index contributed by atoms with van der Waals surface area (Å²) in [7, 11) is 1.33. The Kier molecular flexibility index (Phi) is 7.73. The van der Waals surface area contributed by atoms with Crippen molar-refractivity contribution in [3.8, 4) is 5.69 Å². The van der Waals surface area contributed by atoms with Crippen LogP contribution in [0, 0.1) is 0 Å². The predicted molar refractivity (Wildman–Crippen MR) is 114 cm³/mol. The monoisotopic (exact) mass is 473 g/mol. The third-order valence-corrected chi connectivity index (χ3v) is 4.76. The Balaban J connectivity index is 1.70. The number of hydroxylamine groups is 3. The molecule has 12 heteroatoms. The number of nitrogens with zero attached hydrogens (tertiary/aromatic N) is 5. The molecule has 1 aromatic carbocycles. The summed E-state index contributed by atoms with van der Waals surface area (Å²) < 4.78 is 12.2. The van der Waals surface area contributed by atoms with E-state index in [2.05, 4.69) is 10.3 Å². The zero-order valence-corrected chi connectivity index (χ0v) is 19.3. The van der Waals surface area contributed by atoms with Gasteiger partial charge < -0.3 is 9.47 Å². The SMILES string of the molecule is COC(=O)C(CCOC(C)(C)C)N1CON(c2cc(Cl)ccc2-n2cc(Cl)nn2)CO1. The minimum atomic E-state index is -0.678. The molecule has 0 spiro atoms. The molecule has 170 valence electrons. The highest BCUT2D eigenvalue weighted by Crippen LogP contribution is 2.30. The van der Waals surface area contributed by atoms with Gasteiger partial charge in [0.05, 0.1) is 30.3 Å². The van der Waals surface area contributed by atoms with Gasteiger partial charge in [-0.05, 0) is 45.4 Å². The maximum atomic E-state index is 12.3. The van der Waals surface area contributed by atoms with Crippen LogP contribution in [0.3, 0.4) is 0 Å². The van der Waals surface area contributed by atoms with Gasteiger partial charge in [-0.2, -0.15) is 0 Å². The smallest absolute Gasteiger partial charge is 0.325 e. The first kappa shape index (κ1) is 23.7. The molecule has 1 aromatic heterocycles. The van der Waals surface area contributed by atoms with Crippen molar-refractivity contribution in [1.29, 1.82) is 0 Å². The molecule has 2 aromatic rings. The number of halogens is 2. The highest BCUT2D eigenvalue weighted by molar-refractivity contribution is 6.31. The molecule has 0 saturated carbocycles. The van der Waals surface area contributed by atoms with Gasteiger partial charge in [0, 0.05) is 11.6 Å². The minimum Gasteiger partial charge on any atom is -0.468 e. The van der Waals surface area contributed by atoms with E-state index in [0.717, 1.165) is 0 Å². The van der Waals surface area contributed by atoms with Crippen LogP contribution in [0.2, 0.25) is 10.2 Å². The van der Waals surface area contributed by atoms with Gasteiger partial charge in [-0.15, -0.1) is 10.2 Å². The average molecular weight is 474 g/mol. The van der Waals surface area contributed by atoms with Crippen LogP contribution in [-0.2, 0) is 23.9 Å². The number of carbonyl (C=O) groups is 1. The fourth-order valence-electron chi connectivity index (χ4n) is 2.89. The van der Waals surface area contributed by atoms with E-state index in [0.29, 0.717) is 29.4 Å².